The number of para-hydroxylation sites is 1. The van der Waals surface area contributed by atoms with E-state index in [1.807, 2.05) is 13.0 Å². The standard InChI is InChI=1S/C23H23N5O5/c1-14-8-7-10-18(12-14)23(30)33-20-11-6-5-9-19(20)13-24-25-22(29)17(4)27-16(3)21(28(31)32)15(2)26-27/h5-13,17H,1-4H3,(H,25,29)/b24-13+. The Labute approximate surface area is 190 Å². The average Bonchev–Trinajstić information content (AvgIpc) is 3.08. The molecule has 0 radical (unpaired) electrons. The molecule has 0 saturated heterocycles. The lowest BCUT2D eigenvalue weighted by Crippen LogP contribution is -2.28. The molecule has 0 aliphatic heterocycles. The maximum absolute atomic E-state index is 12.5. The zero-order chi connectivity index (χ0) is 24.1. The fourth-order valence-corrected chi connectivity index (χ4v) is 3.28. The fraction of sp³-hybridized carbons (Fsp3) is 0.217. The molecule has 10 nitrogen and oxygen atoms in total. The lowest BCUT2D eigenvalue weighted by Gasteiger charge is -2.12. The number of hydrogen-bond acceptors (Lipinski definition) is 7. The highest BCUT2D eigenvalue weighted by Crippen LogP contribution is 2.24. The molecule has 2 aromatic carbocycles. The Morgan fingerprint density at radius 3 is 2.58 bits per heavy atom. The molecule has 1 heterocycles. The molecule has 1 amide bonds. The minimum absolute atomic E-state index is 0.123. The van der Waals surface area contributed by atoms with Crippen LogP contribution in [-0.4, -0.2) is 32.8 Å². The molecule has 1 atom stereocenters. The summed E-state index contributed by atoms with van der Waals surface area (Å²) in [6.45, 7) is 6.49. The highest BCUT2D eigenvalue weighted by Gasteiger charge is 2.26. The van der Waals surface area contributed by atoms with Gasteiger partial charge in [0.15, 0.2) is 0 Å². The first-order valence-electron chi connectivity index (χ1n) is 10.1. The quantitative estimate of drug-likeness (QED) is 0.193. The molecular formula is C23H23N5O5. The molecule has 0 bridgehead atoms. The van der Waals surface area contributed by atoms with E-state index in [0.717, 1.165) is 5.56 Å². The molecule has 1 unspecified atom stereocenters. The molecule has 1 N–H and O–H groups in total. The lowest BCUT2D eigenvalue weighted by molar-refractivity contribution is -0.386. The third-order valence-corrected chi connectivity index (χ3v) is 4.97. The highest BCUT2D eigenvalue weighted by atomic mass is 16.6. The van der Waals surface area contributed by atoms with E-state index >= 15 is 0 Å². The third-order valence-electron chi connectivity index (χ3n) is 4.97. The van der Waals surface area contributed by atoms with Crippen LogP contribution in [0.4, 0.5) is 5.69 Å². The van der Waals surface area contributed by atoms with Crippen molar-refractivity contribution in [3.63, 3.8) is 0 Å². The molecule has 33 heavy (non-hydrogen) atoms. The van der Waals surface area contributed by atoms with Crippen molar-refractivity contribution in [1.29, 1.82) is 0 Å². The Morgan fingerprint density at radius 1 is 1.18 bits per heavy atom. The number of benzene rings is 2. The Kier molecular flexibility index (Phi) is 6.97. The van der Waals surface area contributed by atoms with E-state index in [1.54, 1.807) is 49.4 Å². The number of aryl methyl sites for hydroxylation is 2. The summed E-state index contributed by atoms with van der Waals surface area (Å²) in [5.74, 6) is -0.742. The van der Waals surface area contributed by atoms with E-state index in [-0.39, 0.29) is 22.8 Å². The number of carbonyl (C=O) groups is 2. The Balaban J connectivity index is 1.71. The van der Waals surface area contributed by atoms with Gasteiger partial charge in [0.25, 0.3) is 5.91 Å². The van der Waals surface area contributed by atoms with Crippen LogP contribution in [0.15, 0.2) is 53.6 Å². The van der Waals surface area contributed by atoms with Gasteiger partial charge in [0.2, 0.25) is 0 Å². The molecule has 0 spiro atoms. The van der Waals surface area contributed by atoms with Gasteiger partial charge in [0, 0.05) is 5.56 Å². The van der Waals surface area contributed by atoms with Crippen LogP contribution >= 0.6 is 0 Å². The third kappa shape index (κ3) is 5.29. The molecule has 3 rings (SSSR count). The maximum atomic E-state index is 12.5. The van der Waals surface area contributed by atoms with Gasteiger partial charge in [-0.05, 0) is 52.0 Å². The van der Waals surface area contributed by atoms with Gasteiger partial charge in [-0.3, -0.25) is 19.6 Å². The van der Waals surface area contributed by atoms with Gasteiger partial charge >= 0.3 is 11.7 Å². The number of rotatable bonds is 7. The van der Waals surface area contributed by atoms with E-state index in [9.17, 15) is 19.7 Å². The van der Waals surface area contributed by atoms with Crippen molar-refractivity contribution in [2.45, 2.75) is 33.7 Å². The predicted octanol–water partition coefficient (Wildman–Crippen LogP) is 3.65. The molecule has 0 saturated carbocycles. The zero-order valence-corrected chi connectivity index (χ0v) is 18.6. The number of nitrogens with zero attached hydrogens (tertiary/aromatic N) is 4. The van der Waals surface area contributed by atoms with Crippen LogP contribution in [0.1, 0.15) is 45.8 Å². The summed E-state index contributed by atoms with van der Waals surface area (Å²) in [5, 5.41) is 19.2. The van der Waals surface area contributed by atoms with Gasteiger partial charge in [-0.15, -0.1) is 0 Å². The molecular weight excluding hydrogens is 426 g/mol. The molecule has 0 aliphatic rings. The summed E-state index contributed by atoms with van der Waals surface area (Å²) in [4.78, 5) is 35.6. The number of hydrogen-bond donors (Lipinski definition) is 1. The lowest BCUT2D eigenvalue weighted by atomic mass is 10.1. The van der Waals surface area contributed by atoms with Crippen LogP contribution in [0.5, 0.6) is 5.75 Å². The van der Waals surface area contributed by atoms with Crippen LogP contribution in [0.2, 0.25) is 0 Å². The number of carbonyl (C=O) groups excluding carboxylic acids is 2. The summed E-state index contributed by atoms with van der Waals surface area (Å²) in [6.07, 6.45) is 1.35. The van der Waals surface area contributed by atoms with Crippen LogP contribution in [-0.2, 0) is 4.79 Å². The van der Waals surface area contributed by atoms with E-state index in [0.29, 0.717) is 11.1 Å². The number of hydrazone groups is 1. The minimum atomic E-state index is -0.830. The van der Waals surface area contributed by atoms with E-state index in [1.165, 1.54) is 24.7 Å². The van der Waals surface area contributed by atoms with Crippen LogP contribution < -0.4 is 10.2 Å². The van der Waals surface area contributed by atoms with Gasteiger partial charge in [0.1, 0.15) is 23.2 Å². The fourth-order valence-electron chi connectivity index (χ4n) is 3.28. The maximum Gasteiger partial charge on any atom is 0.343 e. The van der Waals surface area contributed by atoms with Crippen LogP contribution in [0.25, 0.3) is 0 Å². The normalized spacial score (nSPS) is 11.9. The number of nitro groups is 1. The minimum Gasteiger partial charge on any atom is -0.422 e. The Bertz CT molecular complexity index is 1250. The topological polar surface area (TPSA) is 129 Å². The van der Waals surface area contributed by atoms with E-state index in [4.69, 9.17) is 4.74 Å². The highest BCUT2D eigenvalue weighted by molar-refractivity contribution is 5.93. The number of ether oxygens (including phenoxy) is 1. The predicted molar refractivity (Wildman–Crippen MR) is 121 cm³/mol. The molecule has 1 aromatic heterocycles. The smallest absolute Gasteiger partial charge is 0.343 e. The number of aromatic nitrogens is 2. The Hall–Kier alpha value is -4.34. The summed E-state index contributed by atoms with van der Waals surface area (Å²) in [5.41, 5.74) is 4.61. The molecule has 170 valence electrons. The van der Waals surface area contributed by atoms with Crippen molar-refractivity contribution in [3.05, 3.63) is 86.7 Å². The average molecular weight is 449 g/mol. The van der Waals surface area contributed by atoms with Gasteiger partial charge in [-0.1, -0.05) is 29.8 Å². The second-order valence-corrected chi connectivity index (χ2v) is 7.43. The molecule has 0 fully saturated rings. The number of esters is 1. The SMILES string of the molecule is Cc1cccc(C(=O)Oc2ccccc2/C=N/NC(=O)C(C)n2nc(C)c([N+](=O)[O-])c2C)c1. The van der Waals surface area contributed by atoms with Crippen molar-refractivity contribution in [2.75, 3.05) is 0 Å². The van der Waals surface area contributed by atoms with Crippen LogP contribution in [0.3, 0.4) is 0 Å². The van der Waals surface area contributed by atoms with Crippen molar-refractivity contribution < 1.29 is 19.2 Å². The van der Waals surface area contributed by atoms with Crippen LogP contribution in [0, 0.1) is 30.9 Å². The van der Waals surface area contributed by atoms with Crippen molar-refractivity contribution in [3.8, 4) is 5.75 Å². The zero-order valence-electron chi connectivity index (χ0n) is 18.6. The monoisotopic (exact) mass is 449 g/mol. The van der Waals surface area contributed by atoms with Gasteiger partial charge < -0.3 is 4.74 Å². The first-order chi connectivity index (χ1) is 15.7. The van der Waals surface area contributed by atoms with Gasteiger partial charge in [0.05, 0.1) is 16.7 Å². The first kappa shape index (κ1) is 23.3. The van der Waals surface area contributed by atoms with E-state index < -0.39 is 22.8 Å². The molecule has 3 aromatic rings. The van der Waals surface area contributed by atoms with Crippen molar-refractivity contribution in [1.82, 2.24) is 15.2 Å². The second kappa shape index (κ2) is 9.86. The largest absolute Gasteiger partial charge is 0.422 e. The summed E-state index contributed by atoms with van der Waals surface area (Å²) in [7, 11) is 0. The first-order valence-corrected chi connectivity index (χ1v) is 10.1. The van der Waals surface area contributed by atoms with Crippen molar-refractivity contribution in [2.24, 2.45) is 5.10 Å². The molecule has 0 aliphatic carbocycles. The van der Waals surface area contributed by atoms with Gasteiger partial charge in [-0.2, -0.15) is 10.2 Å². The summed E-state index contributed by atoms with van der Waals surface area (Å²) in [6, 6.07) is 13.0. The molecule has 10 heteroatoms. The van der Waals surface area contributed by atoms with Crippen molar-refractivity contribution >= 4 is 23.8 Å². The van der Waals surface area contributed by atoms with E-state index in [2.05, 4.69) is 15.6 Å². The second-order valence-electron chi connectivity index (χ2n) is 7.43. The Morgan fingerprint density at radius 2 is 1.91 bits per heavy atom. The van der Waals surface area contributed by atoms with Gasteiger partial charge in [-0.25, -0.2) is 10.2 Å². The summed E-state index contributed by atoms with van der Waals surface area (Å²) >= 11 is 0. The summed E-state index contributed by atoms with van der Waals surface area (Å²) < 4.78 is 6.78. The number of amides is 1. The number of nitrogens with one attached hydrogen (secondary N) is 1.